The second kappa shape index (κ2) is 10.2. The highest BCUT2D eigenvalue weighted by Crippen LogP contribution is 2.43. The number of pyridine rings is 1. The van der Waals surface area contributed by atoms with E-state index in [1.54, 1.807) is 10.9 Å². The summed E-state index contributed by atoms with van der Waals surface area (Å²) in [5.74, 6) is 0.379. The molecule has 1 aliphatic rings. The molecule has 1 aliphatic carbocycles. The Hall–Kier alpha value is -2.45. The Morgan fingerprint density at radius 2 is 2.15 bits per heavy atom. The van der Waals surface area contributed by atoms with Crippen molar-refractivity contribution in [2.75, 3.05) is 11.9 Å². The molecule has 2 aromatic rings. The minimum Gasteiger partial charge on any atom is -0.444 e. The van der Waals surface area contributed by atoms with E-state index in [1.165, 1.54) is 0 Å². The Bertz CT molecular complexity index is 1040. The number of rotatable bonds is 7. The van der Waals surface area contributed by atoms with Crippen LogP contribution in [0.1, 0.15) is 58.9 Å². The predicted molar refractivity (Wildman–Crippen MR) is 135 cm³/mol. The summed E-state index contributed by atoms with van der Waals surface area (Å²) >= 11 is 3.73. The molecule has 0 bridgehead atoms. The number of allylic oxidation sites excluding steroid dienone is 4. The smallest absolute Gasteiger partial charge is 0.413 e. The molecule has 2 heterocycles. The number of nitrogens with zero attached hydrogens (tertiary/aromatic N) is 3. The molecule has 0 spiro atoms. The summed E-state index contributed by atoms with van der Waals surface area (Å²) in [7, 11) is 0. The number of carbonyl (C=O) groups excluding carboxylic acids is 1. The SMILES string of the molecule is CCn1nc(-c2ccccn2)c(C(CCO)C2=CCC(C)(Br)C=C2)c1NC(=O)OC(C)(C)C. The first kappa shape index (κ1) is 25.2. The molecular weight excluding hydrogens is 484 g/mol. The van der Waals surface area contributed by atoms with Crippen LogP contribution in [0.4, 0.5) is 10.6 Å². The van der Waals surface area contributed by atoms with Crippen molar-refractivity contribution in [2.24, 2.45) is 0 Å². The summed E-state index contributed by atoms with van der Waals surface area (Å²) in [6, 6.07) is 5.67. The monoisotopic (exact) mass is 516 g/mol. The van der Waals surface area contributed by atoms with E-state index in [-0.39, 0.29) is 16.8 Å². The molecule has 7 nitrogen and oxygen atoms in total. The van der Waals surface area contributed by atoms with Gasteiger partial charge in [-0.3, -0.25) is 10.3 Å². The molecule has 2 unspecified atom stereocenters. The number of alkyl halides is 1. The van der Waals surface area contributed by atoms with E-state index in [0.29, 0.717) is 30.2 Å². The lowest BCUT2D eigenvalue weighted by Crippen LogP contribution is -2.28. The van der Waals surface area contributed by atoms with Crippen molar-refractivity contribution in [2.45, 2.75) is 69.8 Å². The number of aliphatic hydroxyl groups excluding tert-OH is 1. The zero-order chi connectivity index (χ0) is 24.2. The first-order valence-corrected chi connectivity index (χ1v) is 12.0. The van der Waals surface area contributed by atoms with E-state index in [1.807, 2.05) is 45.9 Å². The fourth-order valence-electron chi connectivity index (χ4n) is 3.85. The molecule has 8 heteroatoms. The molecule has 0 radical (unpaired) electrons. The van der Waals surface area contributed by atoms with Gasteiger partial charge in [-0.2, -0.15) is 5.10 Å². The van der Waals surface area contributed by atoms with Crippen molar-refractivity contribution < 1.29 is 14.6 Å². The van der Waals surface area contributed by atoms with Gasteiger partial charge in [0.05, 0.1) is 5.69 Å². The Morgan fingerprint density at radius 1 is 1.39 bits per heavy atom. The zero-order valence-electron chi connectivity index (χ0n) is 19.9. The van der Waals surface area contributed by atoms with Crippen molar-refractivity contribution in [3.05, 3.63) is 53.8 Å². The van der Waals surface area contributed by atoms with E-state index >= 15 is 0 Å². The summed E-state index contributed by atoms with van der Waals surface area (Å²) in [6.07, 6.45) is 8.86. The van der Waals surface area contributed by atoms with Gasteiger partial charge in [0, 0.05) is 35.2 Å². The first-order chi connectivity index (χ1) is 15.5. The van der Waals surface area contributed by atoms with Gasteiger partial charge in [-0.05, 0) is 65.2 Å². The molecule has 0 saturated heterocycles. The van der Waals surface area contributed by atoms with E-state index in [2.05, 4.69) is 51.4 Å². The molecule has 33 heavy (non-hydrogen) atoms. The van der Waals surface area contributed by atoms with Gasteiger partial charge < -0.3 is 9.84 Å². The summed E-state index contributed by atoms with van der Waals surface area (Å²) in [4.78, 5) is 17.3. The topological polar surface area (TPSA) is 89.3 Å². The highest BCUT2D eigenvalue weighted by atomic mass is 79.9. The summed E-state index contributed by atoms with van der Waals surface area (Å²) in [5, 5.41) is 17.7. The number of ether oxygens (including phenoxy) is 1. The average Bonchev–Trinajstić information content (AvgIpc) is 3.09. The number of halogens is 1. The minimum atomic E-state index is -0.634. The van der Waals surface area contributed by atoms with Gasteiger partial charge in [-0.25, -0.2) is 9.48 Å². The van der Waals surface area contributed by atoms with E-state index in [9.17, 15) is 9.90 Å². The molecule has 0 aromatic carbocycles. The lowest BCUT2D eigenvalue weighted by molar-refractivity contribution is 0.0634. The minimum absolute atomic E-state index is 0.00767. The fourth-order valence-corrected chi connectivity index (χ4v) is 4.14. The van der Waals surface area contributed by atoms with Crippen LogP contribution in [0, 0.1) is 0 Å². The quantitative estimate of drug-likeness (QED) is 0.452. The molecule has 1 amide bonds. The molecular formula is C25H33BrN4O3. The average molecular weight is 517 g/mol. The van der Waals surface area contributed by atoms with Gasteiger partial charge in [0.2, 0.25) is 0 Å². The maximum absolute atomic E-state index is 12.8. The van der Waals surface area contributed by atoms with Gasteiger partial charge in [0.1, 0.15) is 17.1 Å². The lowest BCUT2D eigenvalue weighted by atomic mass is 9.83. The van der Waals surface area contributed by atoms with Crippen LogP contribution in [0.2, 0.25) is 0 Å². The van der Waals surface area contributed by atoms with Crippen molar-refractivity contribution >= 4 is 27.8 Å². The summed E-state index contributed by atoms with van der Waals surface area (Å²) in [5.41, 5.74) is 2.65. The van der Waals surface area contributed by atoms with Crippen LogP contribution in [0.5, 0.6) is 0 Å². The van der Waals surface area contributed by atoms with Gasteiger partial charge in [-0.1, -0.05) is 40.2 Å². The first-order valence-electron chi connectivity index (χ1n) is 11.3. The highest BCUT2D eigenvalue weighted by molar-refractivity contribution is 9.10. The largest absolute Gasteiger partial charge is 0.444 e. The maximum atomic E-state index is 12.8. The van der Waals surface area contributed by atoms with E-state index in [4.69, 9.17) is 9.84 Å². The van der Waals surface area contributed by atoms with Gasteiger partial charge in [0.25, 0.3) is 0 Å². The lowest BCUT2D eigenvalue weighted by Gasteiger charge is -2.26. The molecule has 0 aliphatic heterocycles. The molecule has 0 fully saturated rings. The van der Waals surface area contributed by atoms with Crippen molar-refractivity contribution in [3.8, 4) is 11.4 Å². The summed E-state index contributed by atoms with van der Waals surface area (Å²) < 4.78 is 7.19. The van der Waals surface area contributed by atoms with E-state index in [0.717, 1.165) is 17.6 Å². The number of hydrogen-bond donors (Lipinski definition) is 2. The highest BCUT2D eigenvalue weighted by Gasteiger charge is 2.31. The van der Waals surface area contributed by atoms with Crippen LogP contribution < -0.4 is 5.32 Å². The number of anilines is 1. The number of aliphatic hydroxyl groups is 1. The number of aromatic nitrogens is 3. The molecule has 178 valence electrons. The zero-order valence-corrected chi connectivity index (χ0v) is 21.5. The number of aryl methyl sites for hydroxylation is 1. The van der Waals surface area contributed by atoms with Crippen molar-refractivity contribution in [1.82, 2.24) is 14.8 Å². The molecule has 0 saturated carbocycles. The third-order valence-corrected chi connectivity index (χ3v) is 5.93. The normalized spacial score (nSPS) is 19.2. The third-order valence-electron chi connectivity index (χ3n) is 5.34. The van der Waals surface area contributed by atoms with Gasteiger partial charge in [0.15, 0.2) is 0 Å². The van der Waals surface area contributed by atoms with Gasteiger partial charge >= 0.3 is 6.09 Å². The molecule has 2 atom stereocenters. The molecule has 2 aromatic heterocycles. The van der Waals surface area contributed by atoms with Crippen LogP contribution in [0.15, 0.2) is 48.2 Å². The molecule has 3 rings (SSSR count). The maximum Gasteiger partial charge on any atom is 0.413 e. The fraction of sp³-hybridized carbons (Fsp3) is 0.480. The van der Waals surface area contributed by atoms with Crippen LogP contribution in [-0.4, -0.2) is 42.5 Å². The van der Waals surface area contributed by atoms with Crippen molar-refractivity contribution in [1.29, 1.82) is 0 Å². The number of hydrogen-bond acceptors (Lipinski definition) is 5. The van der Waals surface area contributed by atoms with Crippen molar-refractivity contribution in [3.63, 3.8) is 0 Å². The van der Waals surface area contributed by atoms with Crippen LogP contribution in [0.3, 0.4) is 0 Å². The Labute approximate surface area is 204 Å². The van der Waals surface area contributed by atoms with Crippen LogP contribution in [-0.2, 0) is 11.3 Å². The van der Waals surface area contributed by atoms with E-state index < -0.39 is 11.7 Å². The second-order valence-corrected chi connectivity index (χ2v) is 11.2. The Kier molecular flexibility index (Phi) is 7.80. The number of amides is 1. The third kappa shape index (κ3) is 6.32. The van der Waals surface area contributed by atoms with Crippen LogP contribution >= 0.6 is 15.9 Å². The molecule has 2 N–H and O–H groups in total. The predicted octanol–water partition coefficient (Wildman–Crippen LogP) is 5.82. The summed E-state index contributed by atoms with van der Waals surface area (Å²) in [6.45, 7) is 10.1. The van der Waals surface area contributed by atoms with Crippen LogP contribution in [0.25, 0.3) is 11.4 Å². The standard InChI is InChI=1S/C25H33BrN4O3/c1-6-30-22(28-23(32)33-24(2,3)4)20(21(29-30)19-9-7-8-15-27-19)18(12-16-31)17-10-13-25(5,26)14-11-17/h7-11,13,15,18,31H,6,12,14,16H2,1-5H3,(H,28,32). The Morgan fingerprint density at radius 3 is 2.70 bits per heavy atom. The Balaban J connectivity index is 2.16. The number of carbonyl (C=O) groups is 1. The van der Waals surface area contributed by atoms with Gasteiger partial charge in [-0.15, -0.1) is 0 Å². The second-order valence-electron chi connectivity index (χ2n) is 9.35. The number of nitrogens with one attached hydrogen (secondary N) is 1.